The average Bonchev–Trinajstić information content (AvgIpc) is 2.50. The Hall–Kier alpha value is -1.20. The van der Waals surface area contributed by atoms with Crippen molar-refractivity contribution < 1.29 is 9.90 Å². The van der Waals surface area contributed by atoms with Crippen molar-refractivity contribution in [2.75, 3.05) is 13.6 Å². The van der Waals surface area contributed by atoms with E-state index < -0.39 is 5.97 Å². The molecule has 0 atom stereocenters. The molecule has 1 heterocycles. The highest BCUT2D eigenvalue weighted by Gasteiger charge is 2.09. The summed E-state index contributed by atoms with van der Waals surface area (Å²) in [6, 6.07) is 0. The van der Waals surface area contributed by atoms with Crippen LogP contribution >= 0.6 is 11.3 Å². The van der Waals surface area contributed by atoms with E-state index in [-0.39, 0.29) is 5.57 Å². The Bertz CT molecular complexity index is 373. The highest BCUT2D eigenvalue weighted by Crippen LogP contribution is 2.10. The van der Waals surface area contributed by atoms with Crippen LogP contribution in [0.3, 0.4) is 0 Å². The summed E-state index contributed by atoms with van der Waals surface area (Å²) in [6.45, 7) is 6.43. The minimum absolute atomic E-state index is 0.199. The molecule has 0 bridgehead atoms. The van der Waals surface area contributed by atoms with E-state index >= 15 is 0 Å². The van der Waals surface area contributed by atoms with Crippen molar-refractivity contribution in [2.24, 2.45) is 0 Å². The maximum atomic E-state index is 10.6. The van der Waals surface area contributed by atoms with Crippen LogP contribution in [0.1, 0.15) is 10.7 Å². The minimum Gasteiger partial charge on any atom is -0.478 e. The second-order valence-electron chi connectivity index (χ2n) is 3.44. The number of likely N-dealkylation sites (N-methyl/N-ethyl adjacent to an activating group) is 1. The first-order valence-electron chi connectivity index (χ1n) is 4.49. The Kier molecular flexibility index (Phi) is 3.99. The Morgan fingerprint density at radius 1 is 1.73 bits per heavy atom. The smallest absolute Gasteiger partial charge is 0.332 e. The standard InChI is InChI=1S/C10H14N2O2S/c1-7(10(13)14)4-12(3)5-9-6-15-8(2)11-9/h6H,1,4-5H2,2-3H3,(H,13,14). The van der Waals surface area contributed by atoms with E-state index in [4.69, 9.17) is 5.11 Å². The number of rotatable bonds is 5. The molecule has 0 fully saturated rings. The maximum absolute atomic E-state index is 10.6. The molecule has 5 heteroatoms. The summed E-state index contributed by atoms with van der Waals surface area (Å²) in [4.78, 5) is 16.7. The lowest BCUT2D eigenvalue weighted by Crippen LogP contribution is -2.23. The summed E-state index contributed by atoms with van der Waals surface area (Å²) in [7, 11) is 1.85. The van der Waals surface area contributed by atoms with Crippen LogP contribution in [0, 0.1) is 6.92 Å². The number of carboxylic acids is 1. The zero-order valence-electron chi connectivity index (χ0n) is 8.86. The average molecular weight is 226 g/mol. The summed E-state index contributed by atoms with van der Waals surface area (Å²) in [6.07, 6.45) is 0. The normalized spacial score (nSPS) is 10.6. The van der Waals surface area contributed by atoms with E-state index in [2.05, 4.69) is 11.6 Å². The van der Waals surface area contributed by atoms with E-state index in [1.165, 1.54) is 0 Å². The van der Waals surface area contributed by atoms with Gasteiger partial charge in [0.15, 0.2) is 0 Å². The molecule has 0 saturated heterocycles. The molecule has 0 radical (unpaired) electrons. The van der Waals surface area contributed by atoms with Crippen LogP contribution < -0.4 is 0 Å². The molecule has 1 aromatic rings. The van der Waals surface area contributed by atoms with Crippen molar-refractivity contribution in [2.45, 2.75) is 13.5 Å². The van der Waals surface area contributed by atoms with Gasteiger partial charge in [0.1, 0.15) is 0 Å². The Morgan fingerprint density at radius 2 is 2.40 bits per heavy atom. The van der Waals surface area contributed by atoms with E-state index in [0.717, 1.165) is 10.7 Å². The zero-order valence-corrected chi connectivity index (χ0v) is 9.67. The molecule has 0 aliphatic heterocycles. The second kappa shape index (κ2) is 5.04. The molecule has 1 aromatic heterocycles. The molecule has 0 unspecified atom stereocenters. The predicted octanol–water partition coefficient (Wildman–Crippen LogP) is 1.52. The number of hydrogen-bond donors (Lipinski definition) is 1. The van der Waals surface area contributed by atoms with Gasteiger partial charge in [0.25, 0.3) is 0 Å². The Morgan fingerprint density at radius 3 is 2.87 bits per heavy atom. The molecule has 15 heavy (non-hydrogen) atoms. The van der Waals surface area contributed by atoms with Crippen molar-refractivity contribution in [3.8, 4) is 0 Å². The van der Waals surface area contributed by atoms with Crippen molar-refractivity contribution in [3.63, 3.8) is 0 Å². The lowest BCUT2D eigenvalue weighted by atomic mass is 10.3. The lowest BCUT2D eigenvalue weighted by molar-refractivity contribution is -0.132. The van der Waals surface area contributed by atoms with Gasteiger partial charge in [-0.1, -0.05) is 6.58 Å². The van der Waals surface area contributed by atoms with Gasteiger partial charge in [-0.25, -0.2) is 9.78 Å². The maximum Gasteiger partial charge on any atom is 0.332 e. The molecule has 82 valence electrons. The topological polar surface area (TPSA) is 53.4 Å². The fourth-order valence-electron chi connectivity index (χ4n) is 1.21. The van der Waals surface area contributed by atoms with Crippen LogP contribution in [0.25, 0.3) is 0 Å². The van der Waals surface area contributed by atoms with E-state index in [9.17, 15) is 4.79 Å². The van der Waals surface area contributed by atoms with Gasteiger partial charge in [-0.05, 0) is 14.0 Å². The highest BCUT2D eigenvalue weighted by atomic mass is 32.1. The van der Waals surface area contributed by atoms with Crippen molar-refractivity contribution in [1.29, 1.82) is 0 Å². The fraction of sp³-hybridized carbons (Fsp3) is 0.400. The van der Waals surface area contributed by atoms with E-state index in [0.29, 0.717) is 13.1 Å². The van der Waals surface area contributed by atoms with Crippen molar-refractivity contribution in [1.82, 2.24) is 9.88 Å². The van der Waals surface area contributed by atoms with Gasteiger partial charge in [-0.15, -0.1) is 11.3 Å². The molecule has 0 saturated carbocycles. The van der Waals surface area contributed by atoms with Gasteiger partial charge in [-0.3, -0.25) is 4.90 Å². The SMILES string of the molecule is C=C(CN(C)Cc1csc(C)n1)C(=O)O. The van der Waals surface area contributed by atoms with Gasteiger partial charge >= 0.3 is 5.97 Å². The predicted molar refractivity (Wildman–Crippen MR) is 60.0 cm³/mol. The summed E-state index contributed by atoms with van der Waals surface area (Å²) < 4.78 is 0. The number of thiazole rings is 1. The third-order valence-electron chi connectivity index (χ3n) is 1.86. The molecule has 0 aliphatic carbocycles. The third kappa shape index (κ3) is 3.81. The van der Waals surface area contributed by atoms with Gasteiger partial charge in [0, 0.05) is 24.0 Å². The van der Waals surface area contributed by atoms with Crippen LogP contribution in [0.4, 0.5) is 0 Å². The number of carboxylic acid groups (broad SMARTS) is 1. The summed E-state index contributed by atoms with van der Waals surface area (Å²) in [5.74, 6) is -0.948. The molecule has 0 aromatic carbocycles. The molecule has 0 spiro atoms. The van der Waals surface area contributed by atoms with Crippen LogP contribution in [0.2, 0.25) is 0 Å². The first-order valence-corrected chi connectivity index (χ1v) is 5.37. The number of carbonyl (C=O) groups is 1. The largest absolute Gasteiger partial charge is 0.478 e. The summed E-state index contributed by atoms with van der Waals surface area (Å²) in [5, 5.41) is 11.7. The number of aryl methyl sites for hydroxylation is 1. The summed E-state index contributed by atoms with van der Waals surface area (Å²) >= 11 is 1.60. The molecule has 1 N–H and O–H groups in total. The van der Waals surface area contributed by atoms with E-state index in [1.807, 2.05) is 24.3 Å². The monoisotopic (exact) mass is 226 g/mol. The minimum atomic E-state index is -0.948. The van der Waals surface area contributed by atoms with Gasteiger partial charge in [0.05, 0.1) is 10.7 Å². The van der Waals surface area contributed by atoms with Gasteiger partial charge in [-0.2, -0.15) is 0 Å². The van der Waals surface area contributed by atoms with Crippen LogP contribution in [0.5, 0.6) is 0 Å². The number of nitrogens with zero attached hydrogens (tertiary/aromatic N) is 2. The van der Waals surface area contributed by atoms with Gasteiger partial charge in [0.2, 0.25) is 0 Å². The number of hydrogen-bond acceptors (Lipinski definition) is 4. The molecular weight excluding hydrogens is 212 g/mol. The number of aromatic nitrogens is 1. The summed E-state index contributed by atoms with van der Waals surface area (Å²) in [5.41, 5.74) is 1.17. The van der Waals surface area contributed by atoms with Crippen molar-refractivity contribution >= 4 is 17.3 Å². The fourth-order valence-corrected chi connectivity index (χ4v) is 1.81. The first kappa shape index (κ1) is 11.9. The molecule has 0 amide bonds. The third-order valence-corrected chi connectivity index (χ3v) is 2.68. The molecule has 4 nitrogen and oxygen atoms in total. The quantitative estimate of drug-likeness (QED) is 0.773. The Labute approximate surface area is 92.9 Å². The lowest BCUT2D eigenvalue weighted by Gasteiger charge is -2.14. The Balaban J connectivity index is 2.46. The van der Waals surface area contributed by atoms with Crippen LogP contribution in [-0.4, -0.2) is 34.6 Å². The van der Waals surface area contributed by atoms with E-state index in [1.54, 1.807) is 11.3 Å². The number of aliphatic carboxylic acids is 1. The second-order valence-corrected chi connectivity index (χ2v) is 4.50. The highest BCUT2D eigenvalue weighted by molar-refractivity contribution is 7.09. The molecule has 0 aliphatic rings. The first-order chi connectivity index (χ1) is 6.99. The van der Waals surface area contributed by atoms with Gasteiger partial charge < -0.3 is 5.11 Å². The van der Waals surface area contributed by atoms with Crippen molar-refractivity contribution in [3.05, 3.63) is 28.2 Å². The molecule has 1 rings (SSSR count). The zero-order chi connectivity index (χ0) is 11.4. The van der Waals surface area contributed by atoms with Crippen LogP contribution in [0.15, 0.2) is 17.5 Å². The van der Waals surface area contributed by atoms with Crippen LogP contribution in [-0.2, 0) is 11.3 Å². The molecular formula is C10H14N2O2S.